The van der Waals surface area contributed by atoms with Crippen LogP contribution in [-0.4, -0.2) is 54.2 Å². The highest BCUT2D eigenvalue weighted by Crippen LogP contribution is 2.19. The third-order valence-corrected chi connectivity index (χ3v) is 2.79. The van der Waals surface area contributed by atoms with E-state index in [0.717, 1.165) is 0 Å². The molecule has 0 saturated heterocycles. The second kappa shape index (κ2) is 8.47. The van der Waals surface area contributed by atoms with E-state index in [1.807, 2.05) is 0 Å². The molecule has 22 heavy (non-hydrogen) atoms. The molecule has 0 spiro atoms. The average molecular weight is 312 g/mol. The van der Waals surface area contributed by atoms with Crippen molar-refractivity contribution in [2.75, 3.05) is 19.8 Å². The number of hydrogen-bond donors (Lipinski definition) is 2. The van der Waals surface area contributed by atoms with Crippen LogP contribution in [-0.2, 0) is 14.3 Å². The van der Waals surface area contributed by atoms with Gasteiger partial charge in [0.1, 0.15) is 18.6 Å². The summed E-state index contributed by atoms with van der Waals surface area (Å²) in [7, 11) is 0. The second-order valence-corrected chi connectivity index (χ2v) is 4.41. The van der Waals surface area contributed by atoms with Crippen LogP contribution in [0, 0.1) is 0 Å². The molecule has 7 heteroatoms. The van der Waals surface area contributed by atoms with Gasteiger partial charge in [0.25, 0.3) is 0 Å². The Kier molecular flexibility index (Phi) is 6.97. The van der Waals surface area contributed by atoms with Crippen LogP contribution in [0.3, 0.4) is 0 Å². The minimum absolute atomic E-state index is 0.0560. The highest BCUT2D eigenvalue weighted by Gasteiger charge is 2.43. The van der Waals surface area contributed by atoms with E-state index in [0.29, 0.717) is 17.6 Å². The minimum Gasteiger partial charge on any atom is -0.488 e. The minimum atomic E-state index is -2.23. The lowest BCUT2D eigenvalue weighted by atomic mass is 10.1. The van der Waals surface area contributed by atoms with Gasteiger partial charge in [0, 0.05) is 12.2 Å². The SMILES string of the molecule is CCOC(=O)C(O)C(O)(COc1ccc(C=O)cc1)OCC. The molecule has 0 fully saturated rings. The summed E-state index contributed by atoms with van der Waals surface area (Å²) in [5.74, 6) is -2.89. The van der Waals surface area contributed by atoms with Crippen LogP contribution in [0.5, 0.6) is 5.75 Å². The van der Waals surface area contributed by atoms with Crippen LogP contribution >= 0.6 is 0 Å². The van der Waals surface area contributed by atoms with Crippen LogP contribution in [0.2, 0.25) is 0 Å². The summed E-state index contributed by atoms with van der Waals surface area (Å²) in [5.41, 5.74) is 0.471. The van der Waals surface area contributed by atoms with Crippen LogP contribution in [0.15, 0.2) is 24.3 Å². The quantitative estimate of drug-likeness (QED) is 0.389. The van der Waals surface area contributed by atoms with E-state index in [2.05, 4.69) is 4.74 Å². The van der Waals surface area contributed by atoms with Crippen molar-refractivity contribution in [3.63, 3.8) is 0 Å². The summed E-state index contributed by atoms with van der Waals surface area (Å²) < 4.78 is 15.0. The molecule has 0 amide bonds. The van der Waals surface area contributed by atoms with Gasteiger partial charge in [-0.3, -0.25) is 4.79 Å². The Hall–Kier alpha value is -1.96. The summed E-state index contributed by atoms with van der Waals surface area (Å²) in [4.78, 5) is 22.1. The van der Waals surface area contributed by atoms with E-state index in [1.165, 1.54) is 24.3 Å². The largest absolute Gasteiger partial charge is 0.488 e. The topological polar surface area (TPSA) is 102 Å². The van der Waals surface area contributed by atoms with Gasteiger partial charge in [0.15, 0.2) is 0 Å². The van der Waals surface area contributed by atoms with Crippen LogP contribution in [0.4, 0.5) is 0 Å². The monoisotopic (exact) mass is 312 g/mol. The Labute approximate surface area is 128 Å². The molecule has 0 bridgehead atoms. The Morgan fingerprint density at radius 1 is 1.27 bits per heavy atom. The Balaban J connectivity index is 2.76. The fourth-order valence-electron chi connectivity index (χ4n) is 1.68. The van der Waals surface area contributed by atoms with Crippen molar-refractivity contribution in [2.24, 2.45) is 0 Å². The molecule has 0 aromatic heterocycles. The van der Waals surface area contributed by atoms with Crippen molar-refractivity contribution < 1.29 is 34.0 Å². The number of ether oxygens (including phenoxy) is 3. The molecule has 1 aromatic carbocycles. The van der Waals surface area contributed by atoms with E-state index in [4.69, 9.17) is 9.47 Å². The number of aliphatic hydroxyl groups excluding tert-OH is 1. The molecule has 1 aromatic rings. The fourth-order valence-corrected chi connectivity index (χ4v) is 1.68. The lowest BCUT2D eigenvalue weighted by Gasteiger charge is -2.30. The summed E-state index contributed by atoms with van der Waals surface area (Å²) in [6.07, 6.45) is -1.22. The molecule has 122 valence electrons. The first-order valence-corrected chi connectivity index (χ1v) is 6.86. The molecule has 0 heterocycles. The van der Waals surface area contributed by atoms with Crippen LogP contribution in [0.1, 0.15) is 24.2 Å². The summed E-state index contributed by atoms with van der Waals surface area (Å²) in [6.45, 7) is 2.81. The summed E-state index contributed by atoms with van der Waals surface area (Å²) >= 11 is 0. The number of aldehydes is 1. The van der Waals surface area contributed by atoms with Crippen molar-refractivity contribution in [2.45, 2.75) is 25.7 Å². The number of carbonyl (C=O) groups is 2. The predicted molar refractivity (Wildman–Crippen MR) is 76.5 cm³/mol. The van der Waals surface area contributed by atoms with Gasteiger partial charge in [-0.05, 0) is 38.1 Å². The number of hydrogen-bond acceptors (Lipinski definition) is 7. The summed E-state index contributed by atoms with van der Waals surface area (Å²) in [5, 5.41) is 20.2. The molecule has 0 radical (unpaired) electrons. The first-order valence-electron chi connectivity index (χ1n) is 6.86. The molecule has 0 saturated carbocycles. The number of esters is 1. The van der Waals surface area contributed by atoms with Gasteiger partial charge in [-0.1, -0.05) is 0 Å². The molecule has 7 nitrogen and oxygen atoms in total. The van der Waals surface area contributed by atoms with Crippen molar-refractivity contribution in [1.29, 1.82) is 0 Å². The third-order valence-electron chi connectivity index (χ3n) is 2.79. The lowest BCUT2D eigenvalue weighted by Crippen LogP contribution is -2.54. The van der Waals surface area contributed by atoms with E-state index in [1.54, 1.807) is 13.8 Å². The number of rotatable bonds is 9. The smallest absolute Gasteiger partial charge is 0.340 e. The lowest BCUT2D eigenvalue weighted by molar-refractivity contribution is -0.267. The standard InChI is InChI=1S/C15H20O7/c1-3-20-14(18)13(17)15(19,22-4-2)10-21-12-7-5-11(9-16)6-8-12/h5-9,13,17,19H,3-4,10H2,1-2H3. The van der Waals surface area contributed by atoms with Crippen molar-refractivity contribution in [3.05, 3.63) is 29.8 Å². The van der Waals surface area contributed by atoms with Crippen molar-refractivity contribution >= 4 is 12.3 Å². The summed E-state index contributed by atoms with van der Waals surface area (Å²) in [6, 6.07) is 6.10. The van der Waals surface area contributed by atoms with Crippen LogP contribution < -0.4 is 4.74 Å². The fraction of sp³-hybridized carbons (Fsp3) is 0.467. The predicted octanol–water partition coefficient (Wildman–Crippen LogP) is 0.527. The first-order chi connectivity index (χ1) is 10.5. The van der Waals surface area contributed by atoms with E-state index in [-0.39, 0.29) is 13.2 Å². The number of aliphatic hydroxyl groups is 2. The maximum absolute atomic E-state index is 11.6. The van der Waals surface area contributed by atoms with Gasteiger partial charge in [-0.2, -0.15) is 0 Å². The zero-order valence-electron chi connectivity index (χ0n) is 12.5. The maximum atomic E-state index is 11.6. The Morgan fingerprint density at radius 2 is 1.91 bits per heavy atom. The molecular formula is C15H20O7. The highest BCUT2D eigenvalue weighted by atomic mass is 16.7. The zero-order chi connectivity index (χ0) is 16.6. The van der Waals surface area contributed by atoms with Gasteiger partial charge in [-0.25, -0.2) is 4.79 Å². The van der Waals surface area contributed by atoms with Gasteiger partial charge >= 0.3 is 5.97 Å². The normalized spacial score (nSPS) is 14.7. The van der Waals surface area contributed by atoms with Gasteiger partial charge < -0.3 is 24.4 Å². The van der Waals surface area contributed by atoms with E-state index >= 15 is 0 Å². The van der Waals surface area contributed by atoms with E-state index in [9.17, 15) is 19.8 Å². The number of benzene rings is 1. The van der Waals surface area contributed by atoms with Crippen molar-refractivity contribution in [3.8, 4) is 5.75 Å². The molecular weight excluding hydrogens is 292 g/mol. The van der Waals surface area contributed by atoms with Gasteiger partial charge in [0.2, 0.25) is 11.9 Å². The zero-order valence-corrected chi connectivity index (χ0v) is 12.5. The first kappa shape index (κ1) is 18.1. The van der Waals surface area contributed by atoms with Crippen LogP contribution in [0.25, 0.3) is 0 Å². The number of carbonyl (C=O) groups excluding carboxylic acids is 2. The molecule has 2 atom stereocenters. The van der Waals surface area contributed by atoms with E-state index < -0.39 is 24.5 Å². The molecule has 0 aliphatic carbocycles. The van der Waals surface area contributed by atoms with Gasteiger partial charge in [0.05, 0.1) is 6.61 Å². The molecule has 0 aliphatic rings. The third kappa shape index (κ3) is 4.80. The van der Waals surface area contributed by atoms with Crippen molar-refractivity contribution in [1.82, 2.24) is 0 Å². The molecule has 1 rings (SSSR count). The molecule has 2 N–H and O–H groups in total. The molecule has 0 aliphatic heterocycles. The average Bonchev–Trinajstić information content (AvgIpc) is 2.53. The Bertz CT molecular complexity index is 485. The Morgan fingerprint density at radius 3 is 2.41 bits per heavy atom. The maximum Gasteiger partial charge on any atom is 0.340 e. The molecule has 2 unspecified atom stereocenters. The highest BCUT2D eigenvalue weighted by molar-refractivity contribution is 5.75. The van der Waals surface area contributed by atoms with Gasteiger partial charge in [-0.15, -0.1) is 0 Å². The second-order valence-electron chi connectivity index (χ2n) is 4.41.